The van der Waals surface area contributed by atoms with Crippen molar-refractivity contribution in [1.29, 1.82) is 0 Å². The highest BCUT2D eigenvalue weighted by Crippen LogP contribution is 2.45. The minimum Gasteiger partial charge on any atom is -0.463 e. The van der Waals surface area contributed by atoms with Crippen molar-refractivity contribution in [2.75, 3.05) is 0 Å². The number of halogens is 3. The first-order valence-electron chi connectivity index (χ1n) is 7.95. The SMILES string of the molecule is OC(c1cccnc1)c1c(-c2ccc(Cl)s2)coc1-c1ccc(Cl)cc1Cl. The molecular formula is C20H12Cl3NO2S. The summed E-state index contributed by atoms with van der Waals surface area (Å²) in [7, 11) is 0. The van der Waals surface area contributed by atoms with E-state index >= 15 is 0 Å². The molecule has 0 radical (unpaired) electrons. The predicted molar refractivity (Wildman–Crippen MR) is 111 cm³/mol. The van der Waals surface area contributed by atoms with Crippen molar-refractivity contribution < 1.29 is 9.52 Å². The summed E-state index contributed by atoms with van der Waals surface area (Å²) < 4.78 is 6.52. The van der Waals surface area contributed by atoms with Crippen LogP contribution in [0, 0.1) is 0 Å². The molecule has 1 unspecified atom stereocenters. The zero-order valence-corrected chi connectivity index (χ0v) is 16.8. The molecule has 0 bridgehead atoms. The van der Waals surface area contributed by atoms with E-state index in [2.05, 4.69) is 4.98 Å². The van der Waals surface area contributed by atoms with Gasteiger partial charge in [-0.2, -0.15) is 0 Å². The Kier molecular flexibility index (Phi) is 5.26. The van der Waals surface area contributed by atoms with Gasteiger partial charge in [0.1, 0.15) is 18.1 Å². The number of aliphatic hydroxyl groups is 1. The zero-order chi connectivity index (χ0) is 19.0. The first kappa shape index (κ1) is 18.5. The van der Waals surface area contributed by atoms with Gasteiger partial charge in [-0.1, -0.05) is 40.9 Å². The number of hydrogen-bond donors (Lipinski definition) is 1. The lowest BCUT2D eigenvalue weighted by atomic mass is 9.96. The molecule has 0 aliphatic rings. The molecular weight excluding hydrogens is 425 g/mol. The molecule has 27 heavy (non-hydrogen) atoms. The third kappa shape index (κ3) is 3.64. The maximum Gasteiger partial charge on any atom is 0.142 e. The van der Waals surface area contributed by atoms with Gasteiger partial charge < -0.3 is 9.52 Å². The number of hydrogen-bond acceptors (Lipinski definition) is 4. The van der Waals surface area contributed by atoms with Gasteiger partial charge in [-0.15, -0.1) is 11.3 Å². The highest BCUT2D eigenvalue weighted by atomic mass is 35.5. The van der Waals surface area contributed by atoms with Crippen LogP contribution in [0.5, 0.6) is 0 Å². The number of benzene rings is 1. The van der Waals surface area contributed by atoms with Gasteiger partial charge in [-0.25, -0.2) is 0 Å². The van der Waals surface area contributed by atoms with E-state index in [1.165, 1.54) is 11.3 Å². The molecule has 1 atom stereocenters. The quantitative estimate of drug-likeness (QED) is 0.371. The van der Waals surface area contributed by atoms with Crippen LogP contribution in [-0.2, 0) is 0 Å². The lowest BCUT2D eigenvalue weighted by Crippen LogP contribution is -2.02. The van der Waals surface area contributed by atoms with E-state index in [-0.39, 0.29) is 0 Å². The highest BCUT2D eigenvalue weighted by molar-refractivity contribution is 7.19. The molecule has 1 aromatic carbocycles. The molecule has 3 nitrogen and oxygen atoms in total. The fourth-order valence-corrected chi connectivity index (χ4v) is 4.43. The van der Waals surface area contributed by atoms with E-state index in [9.17, 15) is 5.11 Å². The second kappa shape index (κ2) is 7.66. The van der Waals surface area contributed by atoms with Gasteiger partial charge in [0.2, 0.25) is 0 Å². The monoisotopic (exact) mass is 435 g/mol. The molecule has 136 valence electrons. The van der Waals surface area contributed by atoms with Crippen LogP contribution in [0.15, 0.2) is 65.5 Å². The lowest BCUT2D eigenvalue weighted by Gasteiger charge is -2.14. The summed E-state index contributed by atoms with van der Waals surface area (Å²) in [4.78, 5) is 4.99. The van der Waals surface area contributed by atoms with E-state index < -0.39 is 6.10 Å². The summed E-state index contributed by atoms with van der Waals surface area (Å²) in [5.74, 6) is 0.479. The summed E-state index contributed by atoms with van der Waals surface area (Å²) in [5, 5.41) is 12.1. The average Bonchev–Trinajstić information content (AvgIpc) is 3.28. The normalized spacial score (nSPS) is 12.3. The molecule has 0 aliphatic carbocycles. The molecule has 1 N–H and O–H groups in total. The summed E-state index contributed by atoms with van der Waals surface area (Å²) in [6.45, 7) is 0. The van der Waals surface area contributed by atoms with Crippen molar-refractivity contribution >= 4 is 46.1 Å². The van der Waals surface area contributed by atoms with Gasteiger partial charge >= 0.3 is 0 Å². The molecule has 3 aromatic heterocycles. The highest BCUT2D eigenvalue weighted by Gasteiger charge is 2.26. The van der Waals surface area contributed by atoms with Gasteiger partial charge in [-0.05, 0) is 36.4 Å². The number of thiophene rings is 1. The Morgan fingerprint density at radius 2 is 1.89 bits per heavy atom. The Morgan fingerprint density at radius 1 is 1.04 bits per heavy atom. The van der Waals surface area contributed by atoms with Crippen LogP contribution in [0.4, 0.5) is 0 Å². The van der Waals surface area contributed by atoms with Crippen LogP contribution in [0.2, 0.25) is 14.4 Å². The topological polar surface area (TPSA) is 46.3 Å². The van der Waals surface area contributed by atoms with Crippen LogP contribution in [0.1, 0.15) is 17.2 Å². The number of rotatable bonds is 4. The number of aromatic nitrogens is 1. The molecule has 4 rings (SSSR count). The first-order valence-corrected chi connectivity index (χ1v) is 9.90. The molecule has 0 spiro atoms. The van der Waals surface area contributed by atoms with Crippen LogP contribution in [-0.4, -0.2) is 10.1 Å². The van der Waals surface area contributed by atoms with Crippen LogP contribution in [0.3, 0.4) is 0 Å². The minimum absolute atomic E-state index is 0.437. The van der Waals surface area contributed by atoms with E-state index in [4.69, 9.17) is 39.2 Å². The van der Waals surface area contributed by atoms with Gasteiger partial charge in [-0.3, -0.25) is 4.98 Å². The fourth-order valence-electron chi connectivity index (χ4n) is 2.88. The molecule has 0 saturated heterocycles. The van der Waals surface area contributed by atoms with Crippen molar-refractivity contribution in [2.45, 2.75) is 6.10 Å². The van der Waals surface area contributed by atoms with E-state index in [0.29, 0.717) is 36.8 Å². The molecule has 4 aromatic rings. The minimum atomic E-state index is -0.949. The van der Waals surface area contributed by atoms with Crippen molar-refractivity contribution in [1.82, 2.24) is 4.98 Å². The summed E-state index contributed by atoms with van der Waals surface area (Å²) in [6.07, 6.45) is 3.94. The average molecular weight is 437 g/mol. The summed E-state index contributed by atoms with van der Waals surface area (Å²) >= 11 is 19.9. The molecule has 3 heterocycles. The van der Waals surface area contributed by atoms with Crippen molar-refractivity contribution in [3.05, 3.63) is 86.6 Å². The maximum absolute atomic E-state index is 11.1. The second-order valence-corrected chi connectivity index (χ2v) is 8.37. The van der Waals surface area contributed by atoms with Crippen LogP contribution < -0.4 is 0 Å². The largest absolute Gasteiger partial charge is 0.463 e. The second-order valence-electron chi connectivity index (χ2n) is 5.81. The van der Waals surface area contributed by atoms with E-state index in [0.717, 1.165) is 10.4 Å². The Labute approximate surface area is 174 Å². The van der Waals surface area contributed by atoms with Gasteiger partial charge in [0.25, 0.3) is 0 Å². The molecule has 0 fully saturated rings. The third-order valence-electron chi connectivity index (χ3n) is 4.12. The van der Waals surface area contributed by atoms with Gasteiger partial charge in [0.05, 0.1) is 9.36 Å². The summed E-state index contributed by atoms with van der Waals surface area (Å²) in [5.41, 5.74) is 2.65. The standard InChI is InChI=1S/C20H12Cl3NO2S/c21-12-3-4-13(15(22)8-12)20-18(19(25)11-2-1-7-24-9-11)14(10-26-20)16-5-6-17(23)27-16/h1-10,19,25H. The number of aliphatic hydroxyl groups excluding tert-OH is 1. The zero-order valence-electron chi connectivity index (χ0n) is 13.7. The molecule has 0 amide bonds. The Balaban J connectivity index is 1.93. The number of pyridine rings is 1. The van der Waals surface area contributed by atoms with E-state index in [1.54, 1.807) is 42.9 Å². The number of nitrogens with zero attached hydrogens (tertiary/aromatic N) is 1. The molecule has 0 aliphatic heterocycles. The van der Waals surface area contributed by atoms with Crippen LogP contribution in [0.25, 0.3) is 21.8 Å². The Morgan fingerprint density at radius 3 is 2.56 bits per heavy atom. The van der Waals surface area contributed by atoms with Gasteiger partial charge in [0.15, 0.2) is 0 Å². The van der Waals surface area contributed by atoms with E-state index in [1.807, 2.05) is 18.2 Å². The summed E-state index contributed by atoms with van der Waals surface area (Å²) in [6, 6.07) is 12.4. The first-order chi connectivity index (χ1) is 13.0. The molecule has 7 heteroatoms. The smallest absolute Gasteiger partial charge is 0.142 e. The molecule has 0 saturated carbocycles. The lowest BCUT2D eigenvalue weighted by molar-refractivity contribution is 0.220. The van der Waals surface area contributed by atoms with Crippen molar-refractivity contribution in [3.8, 4) is 21.8 Å². The van der Waals surface area contributed by atoms with Crippen LogP contribution >= 0.6 is 46.1 Å². The Bertz CT molecular complexity index is 1090. The Hall–Kier alpha value is -1.82. The van der Waals surface area contributed by atoms with Crippen molar-refractivity contribution in [2.24, 2.45) is 0 Å². The third-order valence-corrected chi connectivity index (χ3v) is 5.93. The number of furan rings is 1. The van der Waals surface area contributed by atoms with Crippen molar-refractivity contribution in [3.63, 3.8) is 0 Å². The van der Waals surface area contributed by atoms with Gasteiger partial charge in [0, 0.05) is 44.5 Å². The predicted octanol–water partition coefficient (Wildman–Crippen LogP) is 7.11. The maximum atomic E-state index is 11.1. The fraction of sp³-hybridized carbons (Fsp3) is 0.0500.